The molecule has 0 unspecified atom stereocenters. The fourth-order valence-corrected chi connectivity index (χ4v) is 3.06. The lowest BCUT2D eigenvalue weighted by Crippen LogP contribution is -2.47. The molecule has 1 aliphatic rings. The lowest BCUT2D eigenvalue weighted by Gasteiger charge is -2.31. The second-order valence-corrected chi connectivity index (χ2v) is 6.08. The zero-order valence-corrected chi connectivity index (χ0v) is 13.5. The summed E-state index contributed by atoms with van der Waals surface area (Å²) in [4.78, 5) is 29.6. The molecule has 1 aromatic heterocycles. The summed E-state index contributed by atoms with van der Waals surface area (Å²) in [5.74, 6) is -0.0385. The number of nitrogens with two attached hydrogens (primary N) is 1. The molecule has 0 bridgehead atoms. The fraction of sp³-hybridized carbons (Fsp3) is 0.643. The number of amides is 2. The molecule has 3 N–H and O–H groups in total. The van der Waals surface area contributed by atoms with Crippen LogP contribution in [0, 0.1) is 0 Å². The predicted molar refractivity (Wildman–Crippen MR) is 83.5 cm³/mol. The summed E-state index contributed by atoms with van der Waals surface area (Å²) in [6.07, 6.45) is 1.49. The molecular weight excluding hydrogens is 304 g/mol. The third kappa shape index (κ3) is 4.67. The predicted octanol–water partition coefficient (Wildman–Crippen LogP) is 0.881. The van der Waals surface area contributed by atoms with Crippen LogP contribution >= 0.6 is 11.3 Å². The Labute approximate surface area is 133 Å². The molecule has 0 aliphatic carbocycles. The van der Waals surface area contributed by atoms with Gasteiger partial charge < -0.3 is 20.7 Å². The van der Waals surface area contributed by atoms with Crippen molar-refractivity contribution in [2.75, 3.05) is 19.7 Å². The highest BCUT2D eigenvalue weighted by atomic mass is 32.1. The van der Waals surface area contributed by atoms with Crippen LogP contribution in [0.2, 0.25) is 0 Å². The first-order valence-electron chi connectivity index (χ1n) is 7.46. The van der Waals surface area contributed by atoms with Gasteiger partial charge in [0.25, 0.3) is 0 Å². The molecule has 0 saturated carbocycles. The van der Waals surface area contributed by atoms with Gasteiger partial charge in [-0.1, -0.05) is 0 Å². The smallest absolute Gasteiger partial charge is 0.409 e. The average molecular weight is 326 g/mol. The number of thiazole rings is 1. The van der Waals surface area contributed by atoms with E-state index >= 15 is 0 Å². The Balaban J connectivity index is 1.73. The molecule has 0 spiro atoms. The van der Waals surface area contributed by atoms with Crippen molar-refractivity contribution in [2.45, 2.75) is 38.8 Å². The topological polar surface area (TPSA) is 97.5 Å². The lowest BCUT2D eigenvalue weighted by atomic mass is 10.1. The van der Waals surface area contributed by atoms with Gasteiger partial charge in [-0.3, -0.25) is 4.79 Å². The summed E-state index contributed by atoms with van der Waals surface area (Å²) in [5, 5.41) is 5.71. The van der Waals surface area contributed by atoms with E-state index in [0.29, 0.717) is 26.2 Å². The van der Waals surface area contributed by atoms with E-state index in [9.17, 15) is 9.59 Å². The molecule has 8 heteroatoms. The number of nitrogens with zero attached hydrogens (tertiary/aromatic N) is 2. The number of hydrogen-bond acceptors (Lipinski definition) is 6. The van der Waals surface area contributed by atoms with Gasteiger partial charge in [-0.15, -0.1) is 11.3 Å². The number of hydrogen-bond donors (Lipinski definition) is 2. The highest BCUT2D eigenvalue weighted by molar-refractivity contribution is 7.09. The van der Waals surface area contributed by atoms with E-state index in [-0.39, 0.29) is 24.5 Å². The van der Waals surface area contributed by atoms with Crippen molar-refractivity contribution in [3.05, 3.63) is 16.1 Å². The Morgan fingerprint density at radius 2 is 2.23 bits per heavy atom. The van der Waals surface area contributed by atoms with Crippen LogP contribution in [0.4, 0.5) is 4.79 Å². The number of aromatic nitrogens is 1. The van der Waals surface area contributed by atoms with Gasteiger partial charge in [0.1, 0.15) is 5.01 Å². The molecule has 7 nitrogen and oxygen atoms in total. The molecule has 22 heavy (non-hydrogen) atoms. The summed E-state index contributed by atoms with van der Waals surface area (Å²) in [7, 11) is 0. The van der Waals surface area contributed by atoms with Crippen molar-refractivity contribution >= 4 is 23.3 Å². The van der Waals surface area contributed by atoms with E-state index in [1.807, 2.05) is 5.38 Å². The Hall–Kier alpha value is -1.67. The van der Waals surface area contributed by atoms with E-state index in [1.54, 1.807) is 11.8 Å². The highest BCUT2D eigenvalue weighted by Gasteiger charge is 2.24. The van der Waals surface area contributed by atoms with Gasteiger partial charge >= 0.3 is 6.09 Å². The molecule has 1 fully saturated rings. The third-order valence-corrected chi connectivity index (χ3v) is 4.42. The number of piperidine rings is 1. The first-order valence-corrected chi connectivity index (χ1v) is 8.34. The van der Waals surface area contributed by atoms with Gasteiger partial charge in [0, 0.05) is 31.1 Å². The number of nitrogens with one attached hydrogen (secondary N) is 1. The van der Waals surface area contributed by atoms with Gasteiger partial charge in [-0.05, 0) is 19.8 Å². The summed E-state index contributed by atoms with van der Waals surface area (Å²) in [6.45, 7) is 3.79. The van der Waals surface area contributed by atoms with Crippen LogP contribution in [0.15, 0.2) is 5.38 Å². The number of rotatable bonds is 5. The zero-order chi connectivity index (χ0) is 15.9. The third-order valence-electron chi connectivity index (χ3n) is 3.50. The van der Waals surface area contributed by atoms with Crippen molar-refractivity contribution in [3.63, 3.8) is 0 Å². The van der Waals surface area contributed by atoms with Gasteiger partial charge in [0.15, 0.2) is 0 Å². The van der Waals surface area contributed by atoms with E-state index in [4.69, 9.17) is 10.5 Å². The second-order valence-electron chi connectivity index (χ2n) is 5.14. The largest absolute Gasteiger partial charge is 0.450 e. The quantitative estimate of drug-likeness (QED) is 0.837. The molecule has 2 rings (SSSR count). The van der Waals surface area contributed by atoms with E-state index in [0.717, 1.165) is 23.5 Å². The standard InChI is InChI=1S/C14H22N4O3S/c1-2-21-14(20)18-5-3-10(4-6-18)16-12(19)7-11-9-22-13(8-15)17-11/h9-10H,2-8,15H2,1H3,(H,16,19). The summed E-state index contributed by atoms with van der Waals surface area (Å²) < 4.78 is 4.97. The first kappa shape index (κ1) is 16.7. The summed E-state index contributed by atoms with van der Waals surface area (Å²) in [5.41, 5.74) is 6.26. The molecule has 1 aromatic rings. The number of ether oxygens (including phenoxy) is 1. The summed E-state index contributed by atoms with van der Waals surface area (Å²) >= 11 is 1.47. The van der Waals surface area contributed by atoms with E-state index in [1.165, 1.54) is 11.3 Å². The minimum Gasteiger partial charge on any atom is -0.450 e. The molecular formula is C14H22N4O3S. The lowest BCUT2D eigenvalue weighted by molar-refractivity contribution is -0.121. The second kappa shape index (κ2) is 8.09. The molecule has 2 amide bonds. The molecule has 2 heterocycles. The number of likely N-dealkylation sites (tertiary alicyclic amines) is 1. The van der Waals surface area contributed by atoms with Crippen LogP contribution in [0.3, 0.4) is 0 Å². The fourth-order valence-electron chi connectivity index (χ4n) is 2.39. The van der Waals surface area contributed by atoms with E-state index < -0.39 is 0 Å². The average Bonchev–Trinajstić information content (AvgIpc) is 2.95. The maximum atomic E-state index is 12.0. The van der Waals surface area contributed by atoms with Crippen molar-refractivity contribution in [1.29, 1.82) is 0 Å². The van der Waals surface area contributed by atoms with Crippen molar-refractivity contribution < 1.29 is 14.3 Å². The summed E-state index contributed by atoms with van der Waals surface area (Å²) in [6, 6.07) is 0.103. The molecule has 0 aromatic carbocycles. The molecule has 1 aliphatic heterocycles. The Morgan fingerprint density at radius 3 is 2.82 bits per heavy atom. The van der Waals surface area contributed by atoms with Crippen molar-refractivity contribution in [2.24, 2.45) is 5.73 Å². The molecule has 0 atom stereocenters. The Bertz CT molecular complexity index is 512. The minimum absolute atomic E-state index is 0.0385. The number of carbonyl (C=O) groups is 2. The normalized spacial score (nSPS) is 15.6. The van der Waals surface area contributed by atoms with Crippen LogP contribution in [0.5, 0.6) is 0 Å². The minimum atomic E-state index is -0.274. The van der Waals surface area contributed by atoms with Gasteiger partial charge in [-0.2, -0.15) is 0 Å². The van der Waals surface area contributed by atoms with Gasteiger partial charge in [0.2, 0.25) is 5.91 Å². The SMILES string of the molecule is CCOC(=O)N1CCC(NC(=O)Cc2csc(CN)n2)CC1. The maximum Gasteiger partial charge on any atom is 0.409 e. The van der Waals surface area contributed by atoms with Crippen LogP contribution < -0.4 is 11.1 Å². The molecule has 1 saturated heterocycles. The van der Waals surface area contributed by atoms with E-state index in [2.05, 4.69) is 10.3 Å². The Morgan fingerprint density at radius 1 is 1.50 bits per heavy atom. The van der Waals surface area contributed by atoms with Crippen molar-refractivity contribution in [3.8, 4) is 0 Å². The van der Waals surface area contributed by atoms with Gasteiger partial charge in [0.05, 0.1) is 18.7 Å². The molecule has 122 valence electrons. The number of carbonyl (C=O) groups excluding carboxylic acids is 2. The van der Waals surface area contributed by atoms with Crippen LogP contribution in [0.25, 0.3) is 0 Å². The Kier molecular flexibility index (Phi) is 6.14. The van der Waals surface area contributed by atoms with Crippen LogP contribution in [-0.2, 0) is 22.5 Å². The van der Waals surface area contributed by atoms with Gasteiger partial charge in [-0.25, -0.2) is 9.78 Å². The van der Waals surface area contributed by atoms with Crippen LogP contribution in [0.1, 0.15) is 30.5 Å². The zero-order valence-electron chi connectivity index (χ0n) is 12.7. The van der Waals surface area contributed by atoms with Crippen molar-refractivity contribution in [1.82, 2.24) is 15.2 Å². The highest BCUT2D eigenvalue weighted by Crippen LogP contribution is 2.13. The monoisotopic (exact) mass is 326 g/mol. The maximum absolute atomic E-state index is 12.0. The van der Waals surface area contributed by atoms with Crippen LogP contribution in [-0.4, -0.2) is 47.6 Å². The molecule has 0 radical (unpaired) electrons. The first-order chi connectivity index (χ1) is 10.6.